The summed E-state index contributed by atoms with van der Waals surface area (Å²) in [5, 5.41) is 9.23. The average Bonchev–Trinajstić information content (AvgIpc) is 3.18. The van der Waals surface area contributed by atoms with E-state index in [1.54, 1.807) is 0 Å². The number of carbonyl (C=O) groups is 2. The molecule has 0 unspecified atom stereocenters. The van der Waals surface area contributed by atoms with Gasteiger partial charge in [0.05, 0.1) is 5.69 Å². The fraction of sp³-hybridized carbons (Fsp3) is 0.286. The molecule has 0 atom stereocenters. The van der Waals surface area contributed by atoms with E-state index >= 15 is 0 Å². The first kappa shape index (κ1) is 17.2. The highest BCUT2D eigenvalue weighted by Crippen LogP contribution is 2.17. The molecule has 1 amide bonds. The second-order valence-electron chi connectivity index (χ2n) is 4.92. The van der Waals surface area contributed by atoms with E-state index in [-0.39, 0.29) is 23.8 Å². The third-order valence-electron chi connectivity index (χ3n) is 2.99. The van der Waals surface area contributed by atoms with E-state index in [2.05, 4.69) is 20.4 Å². The van der Waals surface area contributed by atoms with Gasteiger partial charge in [-0.3, -0.25) is 9.59 Å². The van der Waals surface area contributed by atoms with Crippen LogP contribution in [0.5, 0.6) is 0 Å². The lowest BCUT2D eigenvalue weighted by molar-refractivity contribution is -0.114. The lowest BCUT2D eigenvalue weighted by atomic mass is 10.4. The van der Waals surface area contributed by atoms with Crippen LogP contribution in [0.3, 0.4) is 0 Å². The highest BCUT2D eigenvalue weighted by molar-refractivity contribution is 7.16. The molecule has 1 N–H and O–H groups in total. The molecule has 9 nitrogen and oxygen atoms in total. The van der Waals surface area contributed by atoms with E-state index in [0.29, 0.717) is 22.2 Å². The third-order valence-corrected chi connectivity index (χ3v) is 4.80. The van der Waals surface area contributed by atoms with E-state index in [1.807, 2.05) is 6.92 Å². The molecular weight excluding hydrogens is 366 g/mol. The van der Waals surface area contributed by atoms with Crippen molar-refractivity contribution in [2.75, 3.05) is 5.32 Å². The Morgan fingerprint density at radius 3 is 2.88 bits per heavy atom. The second-order valence-corrected chi connectivity index (χ2v) is 6.82. The molecule has 0 radical (unpaired) electrons. The predicted octanol–water partition coefficient (Wildman–Crippen LogP) is 1.49. The molecule has 3 heterocycles. The molecule has 0 aliphatic heterocycles. The summed E-state index contributed by atoms with van der Waals surface area (Å²) in [4.78, 5) is 43.7. The molecule has 25 heavy (non-hydrogen) atoms. The van der Waals surface area contributed by atoms with Crippen molar-refractivity contribution >= 4 is 44.6 Å². The molecule has 130 valence electrons. The number of aromatic nitrogens is 4. The summed E-state index contributed by atoms with van der Waals surface area (Å²) < 4.78 is 6.37. The van der Waals surface area contributed by atoms with Gasteiger partial charge in [0.2, 0.25) is 10.9 Å². The van der Waals surface area contributed by atoms with Gasteiger partial charge in [0.1, 0.15) is 11.6 Å². The Labute approximate surface area is 149 Å². The fourth-order valence-electron chi connectivity index (χ4n) is 1.90. The number of amides is 1. The van der Waals surface area contributed by atoms with Gasteiger partial charge in [-0.1, -0.05) is 18.3 Å². The predicted molar refractivity (Wildman–Crippen MR) is 92.0 cm³/mol. The van der Waals surface area contributed by atoms with E-state index < -0.39 is 5.97 Å². The Hall–Kier alpha value is -2.66. The van der Waals surface area contributed by atoms with Crippen LogP contribution < -0.4 is 10.9 Å². The summed E-state index contributed by atoms with van der Waals surface area (Å²) in [5.74, 6) is -0.934. The minimum Gasteiger partial charge on any atom is -0.454 e. The van der Waals surface area contributed by atoms with Crippen molar-refractivity contribution in [1.29, 1.82) is 0 Å². The molecule has 0 bridgehead atoms. The molecule has 11 heteroatoms. The number of hydrogen-bond donors (Lipinski definition) is 1. The second kappa shape index (κ2) is 7.07. The molecule has 0 spiro atoms. The number of hydrogen-bond acceptors (Lipinski definition) is 9. The summed E-state index contributed by atoms with van der Waals surface area (Å²) >= 11 is 2.43. The summed E-state index contributed by atoms with van der Waals surface area (Å²) in [7, 11) is 0. The topological polar surface area (TPSA) is 116 Å². The van der Waals surface area contributed by atoms with Gasteiger partial charge in [-0.15, -0.1) is 11.3 Å². The summed E-state index contributed by atoms with van der Waals surface area (Å²) in [6.45, 7) is 3.13. The van der Waals surface area contributed by atoms with Crippen LogP contribution in [0.2, 0.25) is 0 Å². The minimum atomic E-state index is -0.659. The molecule has 0 saturated heterocycles. The summed E-state index contributed by atoms with van der Waals surface area (Å²) in [5.41, 5.74) is 0.0909. The maximum Gasteiger partial charge on any atom is 0.358 e. The highest BCUT2D eigenvalue weighted by atomic mass is 32.1. The fourth-order valence-corrected chi connectivity index (χ4v) is 3.49. The van der Waals surface area contributed by atoms with Crippen molar-refractivity contribution in [2.45, 2.75) is 26.9 Å². The van der Waals surface area contributed by atoms with Gasteiger partial charge in [-0.05, 0) is 6.42 Å². The highest BCUT2D eigenvalue weighted by Gasteiger charge is 2.14. The number of esters is 1. The number of rotatable bonds is 5. The van der Waals surface area contributed by atoms with Crippen molar-refractivity contribution in [1.82, 2.24) is 19.6 Å². The summed E-state index contributed by atoms with van der Waals surface area (Å²) in [6, 6.07) is 1.28. The van der Waals surface area contributed by atoms with Gasteiger partial charge in [-0.25, -0.2) is 14.8 Å². The Bertz CT molecular complexity index is 1010. The summed E-state index contributed by atoms with van der Waals surface area (Å²) in [6.07, 6.45) is 0.707. The Kier molecular flexibility index (Phi) is 4.86. The molecule has 3 aromatic heterocycles. The van der Waals surface area contributed by atoms with Gasteiger partial charge >= 0.3 is 5.97 Å². The molecule has 0 aliphatic carbocycles. The first-order valence-corrected chi connectivity index (χ1v) is 8.94. The van der Waals surface area contributed by atoms with Crippen LogP contribution in [0.1, 0.15) is 35.0 Å². The Balaban J connectivity index is 1.71. The average molecular weight is 379 g/mol. The zero-order chi connectivity index (χ0) is 18.0. The zero-order valence-electron chi connectivity index (χ0n) is 13.3. The van der Waals surface area contributed by atoms with E-state index in [9.17, 15) is 14.4 Å². The van der Waals surface area contributed by atoms with Crippen molar-refractivity contribution in [2.24, 2.45) is 0 Å². The number of fused-ring (bicyclic) bond motifs is 1. The first-order valence-electron chi connectivity index (χ1n) is 7.25. The number of nitrogens with one attached hydrogen (secondary N) is 1. The Morgan fingerprint density at radius 2 is 2.16 bits per heavy atom. The van der Waals surface area contributed by atoms with Gasteiger partial charge in [0, 0.05) is 18.4 Å². The third kappa shape index (κ3) is 3.88. The van der Waals surface area contributed by atoms with Crippen LogP contribution in [0.15, 0.2) is 16.2 Å². The van der Waals surface area contributed by atoms with Crippen molar-refractivity contribution in [3.63, 3.8) is 0 Å². The number of anilines is 1. The first-order chi connectivity index (χ1) is 12.0. The van der Waals surface area contributed by atoms with Gasteiger partial charge in [0.15, 0.2) is 10.8 Å². The van der Waals surface area contributed by atoms with Crippen LogP contribution in [-0.2, 0) is 22.6 Å². The van der Waals surface area contributed by atoms with Crippen LogP contribution in [0.25, 0.3) is 4.96 Å². The minimum absolute atomic E-state index is 0.0811. The number of nitrogens with zero attached hydrogens (tertiary/aromatic N) is 4. The van der Waals surface area contributed by atoms with Crippen LogP contribution in [0, 0.1) is 0 Å². The molecule has 3 aromatic rings. The lowest BCUT2D eigenvalue weighted by Crippen LogP contribution is -2.16. The number of thiazole rings is 1. The van der Waals surface area contributed by atoms with Crippen LogP contribution in [-0.4, -0.2) is 31.5 Å². The van der Waals surface area contributed by atoms with Crippen molar-refractivity contribution < 1.29 is 14.3 Å². The SMILES string of the molecule is CCc1nn2c(=O)cc(COC(=O)c3csc(NC(C)=O)n3)nc2s1. The largest absolute Gasteiger partial charge is 0.454 e. The lowest BCUT2D eigenvalue weighted by Gasteiger charge is -2.02. The zero-order valence-corrected chi connectivity index (χ0v) is 14.9. The molecular formula is C14H13N5O4S2. The normalized spacial score (nSPS) is 10.8. The van der Waals surface area contributed by atoms with Gasteiger partial charge < -0.3 is 10.1 Å². The Morgan fingerprint density at radius 1 is 1.36 bits per heavy atom. The molecule has 0 fully saturated rings. The smallest absolute Gasteiger partial charge is 0.358 e. The standard InChI is InChI=1S/C14H13N5O4S2/c1-3-10-18-19-11(21)4-8(16-14(19)25-10)5-23-12(22)9-6-24-13(17-9)15-7(2)20/h4,6H,3,5H2,1-2H3,(H,15,17,20). The van der Waals surface area contributed by atoms with Crippen LogP contribution in [0.4, 0.5) is 5.13 Å². The molecule has 0 aliphatic rings. The number of aryl methyl sites for hydroxylation is 1. The molecule has 0 saturated carbocycles. The maximum atomic E-state index is 12.0. The number of ether oxygens (including phenoxy) is 1. The van der Waals surface area contributed by atoms with E-state index in [0.717, 1.165) is 16.3 Å². The van der Waals surface area contributed by atoms with Crippen LogP contribution >= 0.6 is 22.7 Å². The molecule has 3 rings (SSSR count). The number of carbonyl (C=O) groups excluding carboxylic acids is 2. The van der Waals surface area contributed by atoms with Crippen molar-refractivity contribution in [3.8, 4) is 0 Å². The van der Waals surface area contributed by atoms with Gasteiger partial charge in [0.25, 0.3) is 5.56 Å². The monoisotopic (exact) mass is 379 g/mol. The van der Waals surface area contributed by atoms with E-state index in [4.69, 9.17) is 4.74 Å². The van der Waals surface area contributed by atoms with E-state index in [1.165, 1.54) is 34.2 Å². The van der Waals surface area contributed by atoms with Crippen molar-refractivity contribution in [3.05, 3.63) is 38.2 Å². The maximum absolute atomic E-state index is 12.0. The quantitative estimate of drug-likeness (QED) is 0.668. The van der Waals surface area contributed by atoms with Gasteiger partial charge in [-0.2, -0.15) is 9.61 Å². The molecule has 0 aromatic carbocycles.